The van der Waals surface area contributed by atoms with Crippen LogP contribution in [-0.2, 0) is 0 Å². The Labute approximate surface area is 66.5 Å². The zero-order valence-electron chi connectivity index (χ0n) is 6.89. The molecule has 0 bridgehead atoms. The molecule has 1 N–H and O–H groups in total. The molecule has 0 saturated heterocycles. The van der Waals surface area contributed by atoms with Crippen molar-refractivity contribution in [3.05, 3.63) is 36.4 Å². The molecule has 0 rings (SSSR count). The molecule has 1 nitrogen and oxygen atoms in total. The van der Waals surface area contributed by atoms with Gasteiger partial charge in [0.2, 0.25) is 0 Å². The van der Waals surface area contributed by atoms with Gasteiger partial charge in [-0.25, -0.2) is 4.39 Å². The zero-order valence-corrected chi connectivity index (χ0v) is 6.89. The third-order valence-corrected chi connectivity index (χ3v) is 1.34. The molecule has 0 atom stereocenters. The zero-order chi connectivity index (χ0) is 9.02. The summed E-state index contributed by atoms with van der Waals surface area (Å²) in [5.41, 5.74) is 0.682. The molecule has 62 valence electrons. The Bertz CT molecular complexity index is 202. The van der Waals surface area contributed by atoms with E-state index in [1.54, 1.807) is 0 Å². The molecule has 0 spiro atoms. The Balaban J connectivity index is 4.32. The smallest absolute Gasteiger partial charge is 0.157 e. The minimum atomic E-state index is -0.827. The number of hydrogen-bond donors (Lipinski definition) is 1. The first-order valence-electron chi connectivity index (χ1n) is 3.39. The summed E-state index contributed by atoms with van der Waals surface area (Å²) in [5.74, 6) is -1.06. The van der Waals surface area contributed by atoms with Crippen molar-refractivity contribution in [1.29, 1.82) is 0 Å². The molecule has 0 aliphatic heterocycles. The van der Waals surface area contributed by atoms with Gasteiger partial charge in [-0.05, 0) is 17.6 Å². The quantitative estimate of drug-likeness (QED) is 0.491. The lowest BCUT2D eigenvalue weighted by atomic mass is 10.0. The van der Waals surface area contributed by atoms with Crippen LogP contribution < -0.4 is 0 Å². The molecule has 0 aromatic rings. The van der Waals surface area contributed by atoms with Crippen LogP contribution in [0.2, 0.25) is 0 Å². The maximum absolute atomic E-state index is 12.2. The van der Waals surface area contributed by atoms with Crippen molar-refractivity contribution in [1.82, 2.24) is 0 Å². The minimum Gasteiger partial charge on any atom is -0.505 e. The number of hydrogen-bond acceptors (Lipinski definition) is 1. The van der Waals surface area contributed by atoms with Crippen LogP contribution in [0.5, 0.6) is 0 Å². The summed E-state index contributed by atoms with van der Waals surface area (Å²) in [6, 6.07) is 0. The molecule has 0 amide bonds. The maximum atomic E-state index is 12.2. The lowest BCUT2D eigenvalue weighted by Crippen LogP contribution is -1.90. The first kappa shape index (κ1) is 9.95. The van der Waals surface area contributed by atoms with Crippen molar-refractivity contribution in [3.63, 3.8) is 0 Å². The fourth-order valence-electron chi connectivity index (χ4n) is 0.421. The molecule has 11 heavy (non-hydrogen) atoms. The molecular formula is C9H13FO. The summed E-state index contributed by atoms with van der Waals surface area (Å²) in [6.45, 7) is 10.4. The van der Waals surface area contributed by atoms with Gasteiger partial charge in [0.25, 0.3) is 0 Å². The number of aliphatic hydroxyl groups excluding tert-OH is 1. The van der Waals surface area contributed by atoms with E-state index in [4.69, 9.17) is 5.11 Å². The van der Waals surface area contributed by atoms with Crippen molar-refractivity contribution in [3.8, 4) is 0 Å². The first-order chi connectivity index (χ1) is 4.95. The van der Waals surface area contributed by atoms with Crippen molar-refractivity contribution in [2.24, 2.45) is 5.92 Å². The second-order valence-electron chi connectivity index (χ2n) is 2.66. The standard InChI is InChI=1S/C9H13FO/c1-6(2)7(3)5-9(11)8(4)10/h5-6,11H,3-4H2,1-2H3/b9-5+. The number of aliphatic hydroxyl groups is 1. The molecule has 0 saturated carbocycles. The van der Waals surface area contributed by atoms with E-state index in [1.165, 1.54) is 6.08 Å². The summed E-state index contributed by atoms with van der Waals surface area (Å²) in [6.07, 6.45) is 1.28. The van der Waals surface area contributed by atoms with E-state index in [0.717, 1.165) is 0 Å². The van der Waals surface area contributed by atoms with Crippen LogP contribution in [0, 0.1) is 5.92 Å². The molecule has 0 radical (unpaired) electrons. The highest BCUT2D eigenvalue weighted by Crippen LogP contribution is 2.13. The van der Waals surface area contributed by atoms with Crippen LogP contribution in [0.4, 0.5) is 4.39 Å². The van der Waals surface area contributed by atoms with E-state index in [0.29, 0.717) is 5.57 Å². The van der Waals surface area contributed by atoms with Gasteiger partial charge >= 0.3 is 0 Å². The summed E-state index contributed by atoms with van der Waals surface area (Å²) < 4.78 is 12.2. The summed E-state index contributed by atoms with van der Waals surface area (Å²) in [7, 11) is 0. The van der Waals surface area contributed by atoms with Gasteiger partial charge < -0.3 is 5.11 Å². The Hall–Kier alpha value is -1.05. The third-order valence-electron chi connectivity index (χ3n) is 1.34. The van der Waals surface area contributed by atoms with Crippen molar-refractivity contribution in [2.45, 2.75) is 13.8 Å². The highest BCUT2D eigenvalue weighted by molar-refractivity contribution is 5.26. The SMILES string of the molecule is C=C(F)/C(O)=C\C(=C)C(C)C. The molecule has 0 fully saturated rings. The predicted octanol–water partition coefficient (Wildman–Crippen LogP) is 3.12. The van der Waals surface area contributed by atoms with Crippen molar-refractivity contribution < 1.29 is 9.50 Å². The molecule has 0 aromatic carbocycles. The van der Waals surface area contributed by atoms with Gasteiger partial charge in [0, 0.05) is 0 Å². The number of halogens is 1. The van der Waals surface area contributed by atoms with E-state index >= 15 is 0 Å². The van der Waals surface area contributed by atoms with Crippen molar-refractivity contribution >= 4 is 0 Å². The van der Waals surface area contributed by atoms with Crippen molar-refractivity contribution in [2.75, 3.05) is 0 Å². The number of rotatable bonds is 3. The van der Waals surface area contributed by atoms with E-state index in [2.05, 4.69) is 13.2 Å². The summed E-state index contributed by atoms with van der Waals surface area (Å²) >= 11 is 0. The average Bonchev–Trinajstić information content (AvgIpc) is 1.87. The fourth-order valence-corrected chi connectivity index (χ4v) is 0.421. The van der Waals surface area contributed by atoms with Crippen LogP contribution in [0.25, 0.3) is 0 Å². The molecule has 0 aliphatic rings. The predicted molar refractivity (Wildman–Crippen MR) is 44.9 cm³/mol. The van der Waals surface area contributed by atoms with Gasteiger partial charge in [-0.2, -0.15) is 0 Å². The highest BCUT2D eigenvalue weighted by Gasteiger charge is 2.01. The first-order valence-corrected chi connectivity index (χ1v) is 3.39. The van der Waals surface area contributed by atoms with Crippen LogP contribution in [0.1, 0.15) is 13.8 Å². The Morgan fingerprint density at radius 3 is 2.18 bits per heavy atom. The minimum absolute atomic E-state index is 0.205. The topological polar surface area (TPSA) is 20.2 Å². The van der Waals surface area contributed by atoms with Crippen LogP contribution in [0.3, 0.4) is 0 Å². The largest absolute Gasteiger partial charge is 0.505 e. The van der Waals surface area contributed by atoms with Gasteiger partial charge in [-0.1, -0.05) is 27.0 Å². The third kappa shape index (κ3) is 3.61. The summed E-state index contributed by atoms with van der Waals surface area (Å²) in [4.78, 5) is 0. The van der Waals surface area contributed by atoms with Crippen LogP contribution in [-0.4, -0.2) is 5.11 Å². The second kappa shape index (κ2) is 3.96. The van der Waals surface area contributed by atoms with Gasteiger partial charge in [-0.15, -0.1) is 0 Å². The van der Waals surface area contributed by atoms with E-state index in [9.17, 15) is 4.39 Å². The lowest BCUT2D eigenvalue weighted by molar-refractivity contribution is 0.389. The number of allylic oxidation sites excluding steroid dienone is 3. The van der Waals surface area contributed by atoms with E-state index < -0.39 is 11.6 Å². The average molecular weight is 156 g/mol. The summed E-state index contributed by atoms with van der Waals surface area (Å²) in [5, 5.41) is 8.87. The molecule has 0 heterocycles. The van der Waals surface area contributed by atoms with Gasteiger partial charge in [-0.3, -0.25) is 0 Å². The highest BCUT2D eigenvalue weighted by atomic mass is 19.1. The van der Waals surface area contributed by atoms with Crippen LogP contribution in [0.15, 0.2) is 36.4 Å². The Morgan fingerprint density at radius 1 is 1.45 bits per heavy atom. The second-order valence-corrected chi connectivity index (χ2v) is 2.66. The van der Waals surface area contributed by atoms with Gasteiger partial charge in [0.1, 0.15) is 0 Å². The maximum Gasteiger partial charge on any atom is 0.157 e. The molecule has 0 aromatic heterocycles. The molecule has 0 unspecified atom stereocenters. The van der Waals surface area contributed by atoms with E-state index in [-0.39, 0.29) is 5.92 Å². The van der Waals surface area contributed by atoms with Gasteiger partial charge in [0.05, 0.1) is 0 Å². The van der Waals surface area contributed by atoms with Gasteiger partial charge in [0.15, 0.2) is 11.6 Å². The Kier molecular flexibility index (Phi) is 3.58. The monoisotopic (exact) mass is 156 g/mol. The molecule has 2 heteroatoms. The van der Waals surface area contributed by atoms with Crippen LogP contribution >= 0.6 is 0 Å². The molecular weight excluding hydrogens is 143 g/mol. The van der Waals surface area contributed by atoms with E-state index in [1.807, 2.05) is 13.8 Å². The molecule has 0 aliphatic carbocycles. The fraction of sp³-hybridized carbons (Fsp3) is 0.333. The lowest BCUT2D eigenvalue weighted by Gasteiger charge is -2.03. The Morgan fingerprint density at radius 2 is 1.91 bits per heavy atom. The normalized spacial score (nSPS) is 11.8.